The summed E-state index contributed by atoms with van der Waals surface area (Å²) in [5, 5.41) is 3.74. The van der Waals surface area contributed by atoms with Crippen LogP contribution in [0, 0.1) is 0 Å². The van der Waals surface area contributed by atoms with Crippen LogP contribution in [0.15, 0.2) is 53.6 Å². The summed E-state index contributed by atoms with van der Waals surface area (Å²) >= 11 is 0. The Morgan fingerprint density at radius 2 is 1.85 bits per heavy atom. The van der Waals surface area contributed by atoms with Crippen LogP contribution in [0.2, 0.25) is 0 Å². The van der Waals surface area contributed by atoms with E-state index in [-0.39, 0.29) is 29.8 Å². The summed E-state index contributed by atoms with van der Waals surface area (Å²) in [4.78, 5) is 35.6. The molecule has 0 saturated carbocycles. The van der Waals surface area contributed by atoms with E-state index in [1.165, 1.54) is 4.68 Å². The molecular formula is C28H30F2N6O3. The Morgan fingerprint density at radius 3 is 2.54 bits per heavy atom. The van der Waals surface area contributed by atoms with Crippen molar-refractivity contribution in [2.24, 2.45) is 7.05 Å². The highest BCUT2D eigenvalue weighted by Gasteiger charge is 2.23. The molecule has 11 heteroatoms. The first-order chi connectivity index (χ1) is 18.7. The number of likely N-dealkylation sites (tertiary alicyclic amines) is 1. The number of fused-ring (bicyclic) bond motifs is 1. The number of ether oxygens (including phenoxy) is 1. The molecule has 0 aliphatic carbocycles. The summed E-state index contributed by atoms with van der Waals surface area (Å²) in [7, 11) is 3.45. The van der Waals surface area contributed by atoms with Gasteiger partial charge in [-0.2, -0.15) is 8.78 Å². The van der Waals surface area contributed by atoms with Crippen molar-refractivity contribution >= 4 is 22.8 Å². The van der Waals surface area contributed by atoms with E-state index >= 15 is 0 Å². The quantitative estimate of drug-likeness (QED) is 0.365. The second kappa shape index (κ2) is 10.8. The standard InChI is InChI=1S/C28H30F2N6O3/c1-4-17-5-8-24(39-27(29)30)19(11-17)16-36-23-12-18(6-7-22(23)26(38)35(36)3)20-14-31-28(32-15-20)33-21-9-10-34(2)25(37)13-21/h5-8,11-12,14-15,21,27H,4,9-10,13,16H2,1-3H3,(H,31,32,33)/t21-/m0/s1. The number of hydrogen-bond acceptors (Lipinski definition) is 6. The van der Waals surface area contributed by atoms with E-state index in [2.05, 4.69) is 15.3 Å². The third-order valence-electron chi connectivity index (χ3n) is 7.21. The van der Waals surface area contributed by atoms with E-state index in [1.807, 2.05) is 25.1 Å². The van der Waals surface area contributed by atoms with Crippen molar-refractivity contribution in [3.05, 3.63) is 70.3 Å². The predicted molar refractivity (Wildman–Crippen MR) is 144 cm³/mol. The van der Waals surface area contributed by atoms with E-state index in [0.29, 0.717) is 35.4 Å². The molecule has 4 aromatic rings. The Balaban J connectivity index is 1.44. The van der Waals surface area contributed by atoms with Gasteiger partial charge in [0.1, 0.15) is 5.75 Å². The molecule has 1 aliphatic rings. The lowest BCUT2D eigenvalue weighted by Crippen LogP contribution is -2.41. The Bertz CT molecular complexity index is 1560. The zero-order chi connectivity index (χ0) is 27.7. The number of nitrogens with one attached hydrogen (secondary N) is 1. The molecule has 2 aromatic heterocycles. The molecular weight excluding hydrogens is 506 g/mol. The molecule has 1 atom stereocenters. The fraction of sp³-hybridized carbons (Fsp3) is 0.357. The molecule has 9 nitrogen and oxygen atoms in total. The van der Waals surface area contributed by atoms with Crippen molar-refractivity contribution in [1.82, 2.24) is 24.2 Å². The maximum Gasteiger partial charge on any atom is 0.387 e. The fourth-order valence-electron chi connectivity index (χ4n) is 4.89. The predicted octanol–water partition coefficient (Wildman–Crippen LogP) is 4.04. The van der Waals surface area contributed by atoms with Crippen molar-refractivity contribution < 1.29 is 18.3 Å². The normalized spacial score (nSPS) is 15.8. The van der Waals surface area contributed by atoms with Gasteiger partial charge in [0.25, 0.3) is 5.56 Å². The van der Waals surface area contributed by atoms with Crippen molar-refractivity contribution in [3.8, 4) is 16.9 Å². The second-order valence-corrected chi connectivity index (χ2v) is 9.74. The molecule has 1 saturated heterocycles. The lowest BCUT2D eigenvalue weighted by atomic mass is 10.1. The van der Waals surface area contributed by atoms with Gasteiger partial charge in [0.15, 0.2) is 0 Å². The third-order valence-corrected chi connectivity index (χ3v) is 7.21. The van der Waals surface area contributed by atoms with Gasteiger partial charge in [-0.15, -0.1) is 0 Å². The number of piperidine rings is 1. The average Bonchev–Trinajstić information content (AvgIpc) is 3.16. The van der Waals surface area contributed by atoms with Crippen molar-refractivity contribution in [1.29, 1.82) is 0 Å². The molecule has 1 fully saturated rings. The number of halogens is 2. The number of carbonyl (C=O) groups is 1. The maximum absolute atomic E-state index is 13.1. The molecule has 1 amide bonds. The minimum absolute atomic E-state index is 0.0141. The number of amides is 1. The van der Waals surface area contributed by atoms with Crippen molar-refractivity contribution in [3.63, 3.8) is 0 Å². The van der Waals surface area contributed by atoms with E-state index in [0.717, 1.165) is 29.5 Å². The van der Waals surface area contributed by atoms with Gasteiger partial charge in [0.2, 0.25) is 11.9 Å². The number of benzene rings is 2. The van der Waals surface area contributed by atoms with Crippen LogP contribution >= 0.6 is 0 Å². The first-order valence-electron chi connectivity index (χ1n) is 12.8. The summed E-state index contributed by atoms with van der Waals surface area (Å²) in [5.41, 5.74) is 3.54. The van der Waals surface area contributed by atoms with Crippen LogP contribution in [0.4, 0.5) is 14.7 Å². The topological polar surface area (TPSA) is 94.3 Å². The molecule has 0 bridgehead atoms. The highest BCUT2D eigenvalue weighted by Crippen LogP contribution is 2.27. The smallest absolute Gasteiger partial charge is 0.387 e. The van der Waals surface area contributed by atoms with Gasteiger partial charge in [-0.25, -0.2) is 9.97 Å². The molecule has 0 spiro atoms. The number of rotatable bonds is 8. The van der Waals surface area contributed by atoms with Gasteiger partial charge in [-0.3, -0.25) is 19.0 Å². The van der Waals surface area contributed by atoms with Crippen LogP contribution in [-0.4, -0.2) is 56.4 Å². The van der Waals surface area contributed by atoms with Crippen LogP contribution in [0.1, 0.15) is 30.9 Å². The van der Waals surface area contributed by atoms with Crippen LogP contribution in [0.25, 0.3) is 22.0 Å². The van der Waals surface area contributed by atoms with Crippen molar-refractivity contribution in [2.75, 3.05) is 18.9 Å². The summed E-state index contributed by atoms with van der Waals surface area (Å²) in [6.07, 6.45) is 5.34. The second-order valence-electron chi connectivity index (χ2n) is 9.74. The SMILES string of the molecule is CCc1ccc(OC(F)F)c(Cn2c3cc(-c4cnc(N[C@H]5CCN(C)C(=O)C5)nc4)ccc3c(=O)n2C)c1. The largest absolute Gasteiger partial charge is 0.434 e. The van der Waals surface area contributed by atoms with Gasteiger partial charge in [-0.05, 0) is 42.2 Å². The molecule has 1 aliphatic heterocycles. The fourth-order valence-corrected chi connectivity index (χ4v) is 4.89. The highest BCUT2D eigenvalue weighted by atomic mass is 19.3. The average molecular weight is 537 g/mol. The number of alkyl halides is 2. The lowest BCUT2D eigenvalue weighted by Gasteiger charge is -2.29. The molecule has 3 heterocycles. The van der Waals surface area contributed by atoms with Gasteiger partial charge in [0, 0.05) is 56.6 Å². The zero-order valence-electron chi connectivity index (χ0n) is 22.0. The van der Waals surface area contributed by atoms with Gasteiger partial charge in [-0.1, -0.05) is 25.1 Å². The van der Waals surface area contributed by atoms with Crippen LogP contribution in [0.5, 0.6) is 5.75 Å². The lowest BCUT2D eigenvalue weighted by molar-refractivity contribution is -0.132. The summed E-state index contributed by atoms with van der Waals surface area (Å²) in [5.74, 6) is 0.614. The zero-order valence-corrected chi connectivity index (χ0v) is 22.0. The van der Waals surface area contributed by atoms with E-state index in [4.69, 9.17) is 4.74 Å². The summed E-state index contributed by atoms with van der Waals surface area (Å²) in [6.45, 7) is -0.115. The van der Waals surface area contributed by atoms with Crippen LogP contribution in [0.3, 0.4) is 0 Å². The van der Waals surface area contributed by atoms with E-state index in [9.17, 15) is 18.4 Å². The number of aromatic nitrogens is 4. The molecule has 204 valence electrons. The Kier molecular flexibility index (Phi) is 7.32. The van der Waals surface area contributed by atoms with Crippen LogP contribution in [-0.2, 0) is 24.8 Å². The molecule has 0 unspecified atom stereocenters. The number of aryl methyl sites for hydroxylation is 1. The third kappa shape index (κ3) is 5.47. The molecule has 39 heavy (non-hydrogen) atoms. The van der Waals surface area contributed by atoms with Gasteiger partial charge in [0.05, 0.1) is 17.4 Å². The highest BCUT2D eigenvalue weighted by molar-refractivity contribution is 5.84. The minimum Gasteiger partial charge on any atom is -0.434 e. The number of hydrogen-bond donors (Lipinski definition) is 1. The molecule has 1 N–H and O–H groups in total. The maximum atomic E-state index is 13.1. The van der Waals surface area contributed by atoms with E-state index < -0.39 is 6.61 Å². The molecule has 5 rings (SSSR count). The Hall–Kier alpha value is -4.28. The van der Waals surface area contributed by atoms with Gasteiger partial charge >= 0.3 is 6.61 Å². The monoisotopic (exact) mass is 536 g/mol. The van der Waals surface area contributed by atoms with Gasteiger partial charge < -0.3 is 15.0 Å². The van der Waals surface area contributed by atoms with E-state index in [1.54, 1.807) is 54.3 Å². The minimum atomic E-state index is -2.95. The number of anilines is 1. The number of nitrogens with zero attached hydrogens (tertiary/aromatic N) is 5. The first-order valence-corrected chi connectivity index (χ1v) is 12.8. The van der Waals surface area contributed by atoms with Crippen LogP contribution < -0.4 is 15.6 Å². The molecule has 2 aromatic carbocycles. The summed E-state index contributed by atoms with van der Waals surface area (Å²) in [6, 6.07) is 10.6. The Labute approximate surface area is 224 Å². The molecule has 0 radical (unpaired) electrons. The van der Waals surface area contributed by atoms with Crippen molar-refractivity contribution in [2.45, 2.75) is 45.4 Å². The summed E-state index contributed by atoms with van der Waals surface area (Å²) < 4.78 is 34.1. The first kappa shape index (κ1) is 26.3. The Morgan fingerprint density at radius 1 is 1.08 bits per heavy atom. The number of carbonyl (C=O) groups excluding carboxylic acids is 1.